The molecular formula is C14H17F3N2O3. The first kappa shape index (κ1) is 18.0. The zero-order chi connectivity index (χ0) is 17.2. The molecule has 0 heterocycles. The predicted octanol–water partition coefficient (Wildman–Crippen LogP) is 2.11. The van der Waals surface area contributed by atoms with Gasteiger partial charge in [0.1, 0.15) is 0 Å². The smallest absolute Gasteiger partial charge is 0.417 e. The van der Waals surface area contributed by atoms with Crippen LogP contribution in [-0.2, 0) is 4.79 Å². The molecule has 0 aromatic carbocycles. The number of hydrogen-bond acceptors (Lipinski definition) is 4. The fourth-order valence-electron chi connectivity index (χ4n) is 2.53. The molecule has 0 saturated heterocycles. The van der Waals surface area contributed by atoms with Crippen LogP contribution in [0.3, 0.4) is 0 Å². The summed E-state index contributed by atoms with van der Waals surface area (Å²) in [7, 11) is 0. The molecule has 0 aromatic rings. The highest BCUT2D eigenvalue weighted by Crippen LogP contribution is 2.41. The lowest BCUT2D eigenvalue weighted by atomic mass is 9.83. The van der Waals surface area contributed by atoms with Gasteiger partial charge in [0.15, 0.2) is 6.04 Å². The van der Waals surface area contributed by atoms with Gasteiger partial charge >= 0.3 is 12.1 Å². The van der Waals surface area contributed by atoms with Gasteiger partial charge in [-0.25, -0.2) is 4.79 Å². The zero-order valence-electron chi connectivity index (χ0n) is 12.3. The molecule has 0 bridgehead atoms. The largest absolute Gasteiger partial charge is 0.480 e. The van der Waals surface area contributed by atoms with Crippen molar-refractivity contribution in [2.24, 2.45) is 5.92 Å². The molecule has 3 N–H and O–H groups in total. The maximum Gasteiger partial charge on any atom is 0.417 e. The Balaban J connectivity index is 3.36. The molecule has 3 atom stereocenters. The van der Waals surface area contributed by atoms with Gasteiger partial charge in [-0.15, -0.1) is 0 Å². The lowest BCUT2D eigenvalue weighted by Gasteiger charge is -2.31. The van der Waals surface area contributed by atoms with E-state index in [0.29, 0.717) is 0 Å². The van der Waals surface area contributed by atoms with Gasteiger partial charge in [0, 0.05) is 17.2 Å². The standard InChI is InChI=1S/C14H17F3N2O3/c1-6-4-9(5-18)10(14(15,16)17)7(2)11(6)19-12(8(3)20)13(21)22/h6,8,12,19-20H,4H2,1-3H3,(H,21,22)/t6?,8-,12-/m1/s1. The van der Waals surface area contributed by atoms with Crippen LogP contribution in [0.15, 0.2) is 22.4 Å². The highest BCUT2D eigenvalue weighted by Gasteiger charge is 2.42. The second-order valence-electron chi connectivity index (χ2n) is 5.31. The second kappa shape index (κ2) is 6.40. The second-order valence-corrected chi connectivity index (χ2v) is 5.31. The van der Waals surface area contributed by atoms with Gasteiger partial charge in [0.25, 0.3) is 0 Å². The fraction of sp³-hybridized carbons (Fsp3) is 0.571. The molecule has 1 unspecified atom stereocenters. The van der Waals surface area contributed by atoms with Gasteiger partial charge in [-0.2, -0.15) is 18.4 Å². The molecular weight excluding hydrogens is 301 g/mol. The van der Waals surface area contributed by atoms with Gasteiger partial charge in [-0.05, 0) is 25.8 Å². The Morgan fingerprint density at radius 1 is 1.50 bits per heavy atom. The lowest BCUT2D eigenvalue weighted by Crippen LogP contribution is -2.46. The highest BCUT2D eigenvalue weighted by atomic mass is 19.4. The normalized spacial score (nSPS) is 22.2. The number of carboxylic acids is 1. The number of hydrogen-bond donors (Lipinski definition) is 3. The maximum absolute atomic E-state index is 13.1. The van der Waals surface area contributed by atoms with Crippen LogP contribution in [0.5, 0.6) is 0 Å². The summed E-state index contributed by atoms with van der Waals surface area (Å²) in [6, 6.07) is 0.147. The van der Waals surface area contributed by atoms with E-state index in [4.69, 9.17) is 10.4 Å². The van der Waals surface area contributed by atoms with Crippen LogP contribution in [0.4, 0.5) is 13.2 Å². The van der Waals surface area contributed by atoms with E-state index in [1.807, 2.05) is 0 Å². The van der Waals surface area contributed by atoms with Crippen molar-refractivity contribution >= 4 is 5.97 Å². The van der Waals surface area contributed by atoms with E-state index in [1.165, 1.54) is 13.8 Å². The maximum atomic E-state index is 13.1. The van der Waals surface area contributed by atoms with Crippen LogP contribution in [0, 0.1) is 17.2 Å². The predicted molar refractivity (Wildman–Crippen MR) is 71.4 cm³/mol. The average Bonchev–Trinajstić information content (AvgIpc) is 2.34. The molecule has 0 aromatic heterocycles. The summed E-state index contributed by atoms with van der Waals surface area (Å²) < 4.78 is 39.4. The Kier molecular flexibility index (Phi) is 5.25. The Hall–Kier alpha value is -2.01. The van der Waals surface area contributed by atoms with Gasteiger partial charge in [-0.1, -0.05) is 6.92 Å². The van der Waals surface area contributed by atoms with Crippen LogP contribution in [0.2, 0.25) is 0 Å². The molecule has 0 saturated carbocycles. The minimum absolute atomic E-state index is 0.0830. The van der Waals surface area contributed by atoms with Crippen molar-refractivity contribution in [3.8, 4) is 6.07 Å². The molecule has 0 aliphatic heterocycles. The molecule has 1 rings (SSSR count). The summed E-state index contributed by atoms with van der Waals surface area (Å²) in [5, 5.41) is 29.9. The number of carbonyl (C=O) groups is 1. The van der Waals surface area contributed by atoms with E-state index in [0.717, 1.165) is 0 Å². The van der Waals surface area contributed by atoms with Gasteiger partial charge in [-0.3, -0.25) is 0 Å². The summed E-state index contributed by atoms with van der Waals surface area (Å²) in [5.74, 6) is -1.85. The summed E-state index contributed by atoms with van der Waals surface area (Å²) in [5.41, 5.74) is -1.54. The number of aliphatic hydroxyl groups is 1. The van der Waals surface area contributed by atoms with E-state index in [1.54, 1.807) is 13.0 Å². The van der Waals surface area contributed by atoms with Gasteiger partial charge in [0.05, 0.1) is 17.7 Å². The van der Waals surface area contributed by atoms with Gasteiger partial charge in [0.2, 0.25) is 0 Å². The highest BCUT2D eigenvalue weighted by molar-refractivity contribution is 5.74. The molecule has 0 fully saturated rings. The summed E-state index contributed by atoms with van der Waals surface area (Å²) in [4.78, 5) is 11.1. The van der Waals surface area contributed by atoms with Crippen LogP contribution >= 0.6 is 0 Å². The zero-order valence-corrected chi connectivity index (χ0v) is 12.3. The molecule has 8 heteroatoms. The molecule has 22 heavy (non-hydrogen) atoms. The van der Waals surface area contributed by atoms with Crippen LogP contribution < -0.4 is 5.32 Å². The summed E-state index contributed by atoms with van der Waals surface area (Å²) in [6.45, 7) is 4.02. The monoisotopic (exact) mass is 318 g/mol. The van der Waals surface area contributed by atoms with Gasteiger partial charge < -0.3 is 15.5 Å². The third-order valence-corrected chi connectivity index (χ3v) is 3.56. The van der Waals surface area contributed by atoms with Crippen molar-refractivity contribution in [1.82, 2.24) is 5.32 Å². The van der Waals surface area contributed by atoms with Crippen molar-refractivity contribution in [2.45, 2.75) is 45.5 Å². The molecule has 0 amide bonds. The van der Waals surface area contributed by atoms with Crippen LogP contribution in [0.1, 0.15) is 27.2 Å². The number of allylic oxidation sites excluding steroid dienone is 4. The Bertz CT molecular complexity index is 571. The number of nitrogens with one attached hydrogen (secondary N) is 1. The van der Waals surface area contributed by atoms with E-state index >= 15 is 0 Å². The Morgan fingerprint density at radius 2 is 2.05 bits per heavy atom. The van der Waals surface area contributed by atoms with E-state index in [-0.39, 0.29) is 23.3 Å². The SMILES string of the molecule is CC1=C(N[C@@H](C(=O)O)[C@@H](C)O)C(C)CC(C#N)=C1C(F)(F)F. The Morgan fingerprint density at radius 3 is 2.41 bits per heavy atom. The van der Waals surface area contributed by atoms with E-state index in [9.17, 15) is 23.1 Å². The number of aliphatic hydroxyl groups excluding tert-OH is 1. The average molecular weight is 318 g/mol. The minimum Gasteiger partial charge on any atom is -0.480 e. The number of nitrogens with zero attached hydrogens (tertiary/aromatic N) is 1. The number of nitriles is 1. The number of aliphatic carboxylic acids is 1. The molecule has 122 valence electrons. The van der Waals surface area contributed by atoms with E-state index < -0.39 is 35.8 Å². The third-order valence-electron chi connectivity index (χ3n) is 3.56. The number of halogens is 3. The van der Waals surface area contributed by atoms with Crippen molar-refractivity contribution < 1.29 is 28.2 Å². The minimum atomic E-state index is -4.70. The van der Waals surface area contributed by atoms with E-state index in [2.05, 4.69) is 5.32 Å². The van der Waals surface area contributed by atoms with Crippen molar-refractivity contribution in [1.29, 1.82) is 5.26 Å². The fourth-order valence-corrected chi connectivity index (χ4v) is 2.53. The molecule has 0 spiro atoms. The first-order valence-electron chi connectivity index (χ1n) is 6.59. The summed E-state index contributed by atoms with van der Waals surface area (Å²) >= 11 is 0. The third kappa shape index (κ3) is 3.60. The lowest BCUT2D eigenvalue weighted by molar-refractivity contribution is -0.141. The molecule has 5 nitrogen and oxygen atoms in total. The first-order valence-corrected chi connectivity index (χ1v) is 6.59. The number of carboxylic acid groups (broad SMARTS) is 1. The first-order chi connectivity index (χ1) is 10.0. The topological polar surface area (TPSA) is 93.3 Å². The van der Waals surface area contributed by atoms with Crippen molar-refractivity contribution in [3.05, 3.63) is 22.4 Å². The van der Waals surface area contributed by atoms with Crippen molar-refractivity contribution in [2.75, 3.05) is 0 Å². The summed E-state index contributed by atoms with van der Waals surface area (Å²) in [6.07, 6.45) is -6.14. The molecule has 0 radical (unpaired) electrons. The molecule has 1 aliphatic rings. The molecule has 1 aliphatic carbocycles. The van der Waals surface area contributed by atoms with Crippen LogP contribution in [-0.4, -0.2) is 34.5 Å². The Labute approximate surface area is 125 Å². The number of alkyl halides is 3. The van der Waals surface area contributed by atoms with Crippen molar-refractivity contribution in [3.63, 3.8) is 0 Å². The quantitative estimate of drug-likeness (QED) is 0.738. The number of rotatable bonds is 4. The van der Waals surface area contributed by atoms with Crippen LogP contribution in [0.25, 0.3) is 0 Å².